The zero-order valence-electron chi connectivity index (χ0n) is 14.9. The maximum absolute atomic E-state index is 12.3. The molecular weight excluding hydrogens is 310 g/mol. The van der Waals surface area contributed by atoms with Crippen molar-refractivity contribution < 1.29 is 4.79 Å². The lowest BCUT2D eigenvalue weighted by atomic mass is 10.1. The number of urea groups is 1. The Labute approximate surface area is 149 Å². The minimum absolute atomic E-state index is 0.0344. The Kier molecular flexibility index (Phi) is 5.39. The molecular formula is C21H25N3O. The molecule has 1 aliphatic heterocycles. The summed E-state index contributed by atoms with van der Waals surface area (Å²) in [7, 11) is 0. The van der Waals surface area contributed by atoms with Crippen molar-refractivity contribution in [2.75, 3.05) is 31.1 Å². The average molecular weight is 335 g/mol. The van der Waals surface area contributed by atoms with Gasteiger partial charge in [-0.3, -0.25) is 0 Å². The molecule has 1 saturated heterocycles. The van der Waals surface area contributed by atoms with E-state index in [1.807, 2.05) is 23.1 Å². The Morgan fingerprint density at radius 2 is 1.64 bits per heavy atom. The molecule has 2 aromatic carbocycles. The van der Waals surface area contributed by atoms with Crippen LogP contribution in [-0.2, 0) is 0 Å². The number of benzene rings is 2. The number of hydrogen-bond acceptors (Lipinski definition) is 2. The minimum Gasteiger partial charge on any atom is -0.368 e. The molecule has 0 spiro atoms. The largest absolute Gasteiger partial charge is 0.368 e. The second-order valence-corrected chi connectivity index (χ2v) is 6.51. The molecule has 0 atom stereocenters. The van der Waals surface area contributed by atoms with Crippen LogP contribution in [0.2, 0.25) is 0 Å². The number of amides is 2. The average Bonchev–Trinajstić information content (AvgIpc) is 2.62. The van der Waals surface area contributed by atoms with E-state index in [0.717, 1.165) is 31.7 Å². The summed E-state index contributed by atoms with van der Waals surface area (Å²) in [5, 5.41) is 2.87. The van der Waals surface area contributed by atoms with Gasteiger partial charge in [-0.25, -0.2) is 4.79 Å². The lowest BCUT2D eigenvalue weighted by Crippen LogP contribution is -2.51. The lowest BCUT2D eigenvalue weighted by molar-refractivity contribution is 0.198. The fraction of sp³-hybridized carbons (Fsp3) is 0.286. The molecule has 0 radical (unpaired) electrons. The molecule has 130 valence electrons. The Bertz CT molecular complexity index is 761. The number of anilines is 1. The number of piperazine rings is 1. The first-order chi connectivity index (χ1) is 12.1. The lowest BCUT2D eigenvalue weighted by Gasteiger charge is -2.36. The summed E-state index contributed by atoms with van der Waals surface area (Å²) < 4.78 is 0. The van der Waals surface area contributed by atoms with Crippen LogP contribution in [0, 0.1) is 13.8 Å². The SMILES string of the molecule is Cc1cccc(/C=C/NC(=O)N2CCN(c3cccc(C)c3)CC2)c1. The standard InChI is InChI=1S/C21H25N3O/c1-17-5-3-7-19(15-17)9-10-22-21(25)24-13-11-23(12-14-24)20-8-4-6-18(2)16-20/h3-10,15-16H,11-14H2,1-2H3,(H,22,25)/b10-9+. The van der Waals surface area contributed by atoms with Crippen molar-refractivity contribution in [1.82, 2.24) is 10.2 Å². The number of carbonyl (C=O) groups is 1. The molecule has 0 aliphatic carbocycles. The van der Waals surface area contributed by atoms with Crippen molar-refractivity contribution in [3.63, 3.8) is 0 Å². The molecule has 1 aliphatic rings. The highest BCUT2D eigenvalue weighted by Crippen LogP contribution is 2.17. The van der Waals surface area contributed by atoms with Crippen molar-refractivity contribution in [2.45, 2.75) is 13.8 Å². The molecule has 1 heterocycles. The third-order valence-electron chi connectivity index (χ3n) is 4.46. The molecule has 2 amide bonds. The number of hydrogen-bond donors (Lipinski definition) is 1. The minimum atomic E-state index is -0.0344. The van der Waals surface area contributed by atoms with E-state index in [0.29, 0.717) is 0 Å². The van der Waals surface area contributed by atoms with Crippen LogP contribution in [0.4, 0.5) is 10.5 Å². The summed E-state index contributed by atoms with van der Waals surface area (Å²) in [6.07, 6.45) is 3.65. The summed E-state index contributed by atoms with van der Waals surface area (Å²) in [6.45, 7) is 7.35. The third kappa shape index (κ3) is 4.63. The second-order valence-electron chi connectivity index (χ2n) is 6.51. The topological polar surface area (TPSA) is 35.6 Å². The van der Waals surface area contributed by atoms with E-state index in [9.17, 15) is 4.79 Å². The molecule has 0 saturated carbocycles. The summed E-state index contributed by atoms with van der Waals surface area (Å²) in [6, 6.07) is 16.7. The fourth-order valence-electron chi connectivity index (χ4n) is 3.07. The van der Waals surface area contributed by atoms with Crippen LogP contribution >= 0.6 is 0 Å². The molecule has 4 heteroatoms. The molecule has 25 heavy (non-hydrogen) atoms. The molecule has 0 unspecified atom stereocenters. The highest BCUT2D eigenvalue weighted by molar-refractivity contribution is 5.76. The Balaban J connectivity index is 1.50. The molecule has 2 aromatic rings. The zero-order valence-corrected chi connectivity index (χ0v) is 14.9. The first-order valence-electron chi connectivity index (χ1n) is 8.72. The zero-order chi connectivity index (χ0) is 17.6. The summed E-state index contributed by atoms with van der Waals surface area (Å²) >= 11 is 0. The number of aryl methyl sites for hydroxylation is 2. The molecule has 1 fully saturated rings. The van der Waals surface area contributed by atoms with Gasteiger partial charge in [-0.05, 0) is 43.2 Å². The van der Waals surface area contributed by atoms with Crippen LogP contribution < -0.4 is 10.2 Å². The molecule has 1 N–H and O–H groups in total. The monoisotopic (exact) mass is 335 g/mol. The van der Waals surface area contributed by atoms with E-state index < -0.39 is 0 Å². The van der Waals surface area contributed by atoms with Gasteiger partial charge in [0.05, 0.1) is 0 Å². The van der Waals surface area contributed by atoms with E-state index >= 15 is 0 Å². The van der Waals surface area contributed by atoms with Crippen molar-refractivity contribution in [2.24, 2.45) is 0 Å². The number of nitrogens with one attached hydrogen (secondary N) is 1. The number of carbonyl (C=O) groups excluding carboxylic acids is 1. The van der Waals surface area contributed by atoms with Gasteiger partial charge < -0.3 is 15.1 Å². The van der Waals surface area contributed by atoms with E-state index in [1.165, 1.54) is 16.8 Å². The van der Waals surface area contributed by atoms with E-state index in [1.54, 1.807) is 6.20 Å². The highest BCUT2D eigenvalue weighted by atomic mass is 16.2. The van der Waals surface area contributed by atoms with Gasteiger partial charge in [-0.2, -0.15) is 0 Å². The first kappa shape index (κ1) is 17.1. The van der Waals surface area contributed by atoms with Crippen LogP contribution in [0.5, 0.6) is 0 Å². The quantitative estimate of drug-likeness (QED) is 0.926. The van der Waals surface area contributed by atoms with Gasteiger partial charge in [0.15, 0.2) is 0 Å². The maximum atomic E-state index is 12.3. The van der Waals surface area contributed by atoms with Gasteiger partial charge in [0, 0.05) is 38.1 Å². The van der Waals surface area contributed by atoms with Crippen molar-refractivity contribution in [3.8, 4) is 0 Å². The molecule has 0 bridgehead atoms. The van der Waals surface area contributed by atoms with Gasteiger partial charge in [-0.1, -0.05) is 42.0 Å². The van der Waals surface area contributed by atoms with Crippen molar-refractivity contribution >= 4 is 17.8 Å². The summed E-state index contributed by atoms with van der Waals surface area (Å²) in [5.41, 5.74) is 4.80. The third-order valence-corrected chi connectivity index (χ3v) is 4.46. The van der Waals surface area contributed by atoms with Crippen molar-refractivity contribution in [3.05, 3.63) is 71.4 Å². The Morgan fingerprint density at radius 3 is 2.32 bits per heavy atom. The smallest absolute Gasteiger partial charge is 0.321 e. The van der Waals surface area contributed by atoms with Crippen LogP contribution in [0.3, 0.4) is 0 Å². The van der Waals surface area contributed by atoms with Crippen molar-refractivity contribution in [1.29, 1.82) is 0 Å². The molecule has 0 aromatic heterocycles. The van der Waals surface area contributed by atoms with Gasteiger partial charge in [0.1, 0.15) is 0 Å². The predicted octanol–water partition coefficient (Wildman–Crippen LogP) is 3.81. The predicted molar refractivity (Wildman–Crippen MR) is 104 cm³/mol. The van der Waals surface area contributed by atoms with Gasteiger partial charge in [-0.15, -0.1) is 0 Å². The molecule has 3 rings (SSSR count). The number of rotatable bonds is 3. The van der Waals surface area contributed by atoms with E-state index in [2.05, 4.69) is 60.5 Å². The van der Waals surface area contributed by atoms with Crippen LogP contribution in [0.25, 0.3) is 6.08 Å². The Morgan fingerprint density at radius 1 is 0.960 bits per heavy atom. The number of nitrogens with zero attached hydrogens (tertiary/aromatic N) is 2. The normalized spacial score (nSPS) is 14.8. The van der Waals surface area contributed by atoms with Gasteiger partial charge in [0.25, 0.3) is 0 Å². The molecule has 4 nitrogen and oxygen atoms in total. The van der Waals surface area contributed by atoms with Crippen LogP contribution in [0.1, 0.15) is 16.7 Å². The summed E-state index contributed by atoms with van der Waals surface area (Å²) in [5.74, 6) is 0. The second kappa shape index (κ2) is 7.88. The first-order valence-corrected chi connectivity index (χ1v) is 8.72. The van der Waals surface area contributed by atoms with Gasteiger partial charge in [0.2, 0.25) is 0 Å². The van der Waals surface area contributed by atoms with Crippen LogP contribution in [0.15, 0.2) is 54.7 Å². The Hall–Kier alpha value is -2.75. The highest BCUT2D eigenvalue weighted by Gasteiger charge is 2.20. The van der Waals surface area contributed by atoms with E-state index in [4.69, 9.17) is 0 Å². The summed E-state index contributed by atoms with van der Waals surface area (Å²) in [4.78, 5) is 16.5. The van der Waals surface area contributed by atoms with E-state index in [-0.39, 0.29) is 6.03 Å². The van der Waals surface area contributed by atoms with Crippen LogP contribution in [-0.4, -0.2) is 37.1 Å². The maximum Gasteiger partial charge on any atom is 0.321 e. The van der Waals surface area contributed by atoms with Gasteiger partial charge >= 0.3 is 6.03 Å². The fourth-order valence-corrected chi connectivity index (χ4v) is 3.07.